The molecular weight excluding hydrogens is 286 g/mol. The van der Waals surface area contributed by atoms with E-state index in [0.29, 0.717) is 19.5 Å². The molecular formula is C16H21NO3S. The lowest BCUT2D eigenvalue weighted by molar-refractivity contribution is -0.145. The summed E-state index contributed by atoms with van der Waals surface area (Å²) in [4.78, 5) is 26.5. The van der Waals surface area contributed by atoms with E-state index in [1.54, 1.807) is 16.7 Å². The van der Waals surface area contributed by atoms with E-state index in [2.05, 4.69) is 12.1 Å². The van der Waals surface area contributed by atoms with E-state index >= 15 is 0 Å². The molecule has 1 amide bonds. The van der Waals surface area contributed by atoms with Gasteiger partial charge < -0.3 is 9.64 Å². The van der Waals surface area contributed by atoms with E-state index in [-0.39, 0.29) is 17.8 Å². The van der Waals surface area contributed by atoms with Crippen molar-refractivity contribution in [2.75, 3.05) is 26.0 Å². The van der Waals surface area contributed by atoms with Gasteiger partial charge in [-0.2, -0.15) is 0 Å². The zero-order chi connectivity index (χ0) is 15.1. The Morgan fingerprint density at radius 3 is 2.81 bits per heavy atom. The second-order valence-electron chi connectivity index (χ2n) is 5.11. The van der Waals surface area contributed by atoms with Crippen LogP contribution in [0.15, 0.2) is 35.2 Å². The van der Waals surface area contributed by atoms with Gasteiger partial charge in [0.15, 0.2) is 0 Å². The molecule has 0 bridgehead atoms. The lowest BCUT2D eigenvalue weighted by Crippen LogP contribution is -2.30. The molecule has 5 heteroatoms. The number of methoxy groups -OCH3 is 1. The molecule has 0 radical (unpaired) electrons. The molecule has 1 fully saturated rings. The molecule has 1 saturated heterocycles. The molecule has 2 rings (SSSR count). The first kappa shape index (κ1) is 15.9. The first-order chi connectivity index (χ1) is 10.2. The number of hydrogen-bond donors (Lipinski definition) is 0. The number of nitrogens with zero attached hydrogens (tertiary/aromatic N) is 1. The molecule has 1 unspecified atom stereocenters. The minimum absolute atomic E-state index is 0.141. The van der Waals surface area contributed by atoms with Crippen molar-refractivity contribution in [2.45, 2.75) is 24.2 Å². The van der Waals surface area contributed by atoms with Gasteiger partial charge in [0, 0.05) is 24.4 Å². The number of likely N-dealkylation sites (tertiary alicyclic amines) is 1. The summed E-state index contributed by atoms with van der Waals surface area (Å²) in [5.74, 6) is 0.738. The molecule has 0 spiro atoms. The third-order valence-electron chi connectivity index (χ3n) is 3.62. The van der Waals surface area contributed by atoms with Crippen LogP contribution < -0.4 is 0 Å². The summed E-state index contributed by atoms with van der Waals surface area (Å²) in [6.45, 7) is 1.18. The lowest BCUT2D eigenvalue weighted by Gasteiger charge is -2.15. The van der Waals surface area contributed by atoms with Crippen LogP contribution in [0.25, 0.3) is 0 Å². The fourth-order valence-electron chi connectivity index (χ4n) is 2.43. The number of amides is 1. The van der Waals surface area contributed by atoms with E-state index < -0.39 is 0 Å². The van der Waals surface area contributed by atoms with Gasteiger partial charge in [0.25, 0.3) is 0 Å². The van der Waals surface area contributed by atoms with E-state index in [9.17, 15) is 9.59 Å². The highest BCUT2D eigenvalue weighted by Gasteiger charge is 2.31. The summed E-state index contributed by atoms with van der Waals surface area (Å²) < 4.78 is 4.73. The number of rotatable bonds is 6. The average molecular weight is 307 g/mol. The number of thioether (sulfide) groups is 1. The van der Waals surface area contributed by atoms with Crippen LogP contribution in [0.2, 0.25) is 0 Å². The van der Waals surface area contributed by atoms with Crippen LogP contribution in [0.5, 0.6) is 0 Å². The number of benzene rings is 1. The van der Waals surface area contributed by atoms with E-state index in [1.165, 1.54) is 12.0 Å². The number of hydrogen-bond acceptors (Lipinski definition) is 4. The van der Waals surface area contributed by atoms with Crippen molar-refractivity contribution < 1.29 is 14.3 Å². The predicted molar refractivity (Wildman–Crippen MR) is 83.1 cm³/mol. The van der Waals surface area contributed by atoms with Gasteiger partial charge in [-0.3, -0.25) is 9.59 Å². The highest BCUT2D eigenvalue weighted by atomic mass is 32.2. The zero-order valence-electron chi connectivity index (χ0n) is 12.3. The topological polar surface area (TPSA) is 46.6 Å². The van der Waals surface area contributed by atoms with Crippen molar-refractivity contribution in [3.8, 4) is 0 Å². The molecule has 0 aromatic heterocycles. The molecule has 0 N–H and O–H groups in total. The minimum Gasteiger partial charge on any atom is -0.469 e. The maximum Gasteiger partial charge on any atom is 0.310 e. The van der Waals surface area contributed by atoms with Gasteiger partial charge in [0.05, 0.1) is 13.0 Å². The Morgan fingerprint density at radius 1 is 1.33 bits per heavy atom. The molecule has 0 saturated carbocycles. The van der Waals surface area contributed by atoms with Gasteiger partial charge >= 0.3 is 5.97 Å². The first-order valence-electron chi connectivity index (χ1n) is 7.24. The van der Waals surface area contributed by atoms with Crippen molar-refractivity contribution >= 4 is 23.6 Å². The van der Waals surface area contributed by atoms with Crippen LogP contribution in [0, 0.1) is 5.92 Å². The highest BCUT2D eigenvalue weighted by Crippen LogP contribution is 2.21. The highest BCUT2D eigenvalue weighted by molar-refractivity contribution is 7.99. The Balaban J connectivity index is 1.65. The number of esters is 1. The quantitative estimate of drug-likeness (QED) is 0.460. The van der Waals surface area contributed by atoms with Crippen molar-refractivity contribution in [3.63, 3.8) is 0 Å². The average Bonchev–Trinajstić information content (AvgIpc) is 3.01. The Labute approximate surface area is 129 Å². The predicted octanol–water partition coefficient (Wildman–Crippen LogP) is 2.58. The molecule has 0 aliphatic carbocycles. The maximum atomic E-state index is 12.1. The summed E-state index contributed by atoms with van der Waals surface area (Å²) >= 11 is 1.77. The number of ether oxygens (including phenoxy) is 1. The van der Waals surface area contributed by atoms with Gasteiger partial charge in [-0.25, -0.2) is 0 Å². The Hall–Kier alpha value is -1.49. The maximum absolute atomic E-state index is 12.1. The lowest BCUT2D eigenvalue weighted by atomic mass is 10.1. The fourth-order valence-corrected chi connectivity index (χ4v) is 3.31. The van der Waals surface area contributed by atoms with E-state index in [0.717, 1.165) is 18.6 Å². The number of carbonyl (C=O) groups excluding carboxylic acids is 2. The third kappa shape index (κ3) is 4.77. The van der Waals surface area contributed by atoms with E-state index in [1.807, 2.05) is 18.2 Å². The molecule has 1 aliphatic rings. The van der Waals surface area contributed by atoms with Crippen molar-refractivity contribution in [2.24, 2.45) is 5.92 Å². The third-order valence-corrected chi connectivity index (χ3v) is 4.72. The van der Waals surface area contributed by atoms with Gasteiger partial charge in [-0.15, -0.1) is 11.8 Å². The summed E-state index contributed by atoms with van der Waals surface area (Å²) in [5.41, 5.74) is 0. The van der Waals surface area contributed by atoms with Crippen LogP contribution in [0.3, 0.4) is 0 Å². The molecule has 1 heterocycles. The van der Waals surface area contributed by atoms with Gasteiger partial charge in [0.2, 0.25) is 5.91 Å². The smallest absolute Gasteiger partial charge is 0.310 e. The van der Waals surface area contributed by atoms with E-state index in [4.69, 9.17) is 4.74 Å². The molecule has 1 atom stereocenters. The molecule has 1 aliphatic heterocycles. The van der Waals surface area contributed by atoms with Crippen LogP contribution in [-0.4, -0.2) is 42.7 Å². The second-order valence-corrected chi connectivity index (χ2v) is 6.28. The molecule has 21 heavy (non-hydrogen) atoms. The molecule has 4 nitrogen and oxygen atoms in total. The monoisotopic (exact) mass is 307 g/mol. The van der Waals surface area contributed by atoms with Crippen LogP contribution >= 0.6 is 11.8 Å². The van der Waals surface area contributed by atoms with Crippen molar-refractivity contribution in [1.82, 2.24) is 4.90 Å². The van der Waals surface area contributed by atoms with Crippen molar-refractivity contribution in [1.29, 1.82) is 0 Å². The Morgan fingerprint density at radius 2 is 2.10 bits per heavy atom. The summed E-state index contributed by atoms with van der Waals surface area (Å²) in [6, 6.07) is 10.2. The zero-order valence-corrected chi connectivity index (χ0v) is 13.1. The summed E-state index contributed by atoms with van der Waals surface area (Å²) in [5, 5.41) is 0. The first-order valence-corrected chi connectivity index (χ1v) is 8.22. The Bertz CT molecular complexity index is 478. The minimum atomic E-state index is -0.204. The standard InChI is InChI=1S/C16H21NO3S/c1-20-16(19)13-9-10-17(12-13)15(18)8-5-11-21-14-6-3-2-4-7-14/h2-4,6-7,13H,5,8-12H2,1H3. The van der Waals surface area contributed by atoms with Crippen molar-refractivity contribution in [3.05, 3.63) is 30.3 Å². The SMILES string of the molecule is COC(=O)C1CCN(C(=O)CCCSc2ccccc2)C1. The van der Waals surface area contributed by atoms with Gasteiger partial charge in [-0.1, -0.05) is 18.2 Å². The molecule has 1 aromatic rings. The van der Waals surface area contributed by atoms with Crippen LogP contribution in [-0.2, 0) is 14.3 Å². The molecule has 114 valence electrons. The summed E-state index contributed by atoms with van der Waals surface area (Å²) in [7, 11) is 1.40. The van der Waals surface area contributed by atoms with Crippen LogP contribution in [0.4, 0.5) is 0 Å². The second kappa shape index (κ2) is 8.08. The Kier molecular flexibility index (Phi) is 6.11. The van der Waals surface area contributed by atoms with Gasteiger partial charge in [0.1, 0.15) is 0 Å². The summed E-state index contributed by atoms with van der Waals surface area (Å²) in [6.07, 6.45) is 2.13. The fraction of sp³-hybridized carbons (Fsp3) is 0.500. The number of carbonyl (C=O) groups is 2. The van der Waals surface area contributed by atoms with Gasteiger partial charge in [-0.05, 0) is 30.7 Å². The largest absolute Gasteiger partial charge is 0.469 e. The normalized spacial score (nSPS) is 17.8. The molecule has 1 aromatic carbocycles. The van der Waals surface area contributed by atoms with Crippen LogP contribution in [0.1, 0.15) is 19.3 Å².